The normalized spacial score (nSPS) is 4.50. The Bertz CT molecular complexity index is 15.5. The summed E-state index contributed by atoms with van der Waals surface area (Å²) in [6.07, 6.45) is 0. The smallest absolute Gasteiger partial charge is 0.402 e. The van der Waals surface area contributed by atoms with Crippen LogP contribution < -0.4 is 0 Å². The van der Waals surface area contributed by atoms with E-state index in [-0.39, 0.29) is 81.1 Å². The molecule has 3 N–H and O–H groups in total. The van der Waals surface area contributed by atoms with Gasteiger partial charge in [0.05, 0.1) is 0 Å². The Balaban J connectivity index is -0.0000000450. The fourth-order valence-corrected chi connectivity index (χ4v) is 0. The quantitative estimate of drug-likeness (QED) is 0.434. The summed E-state index contributed by atoms with van der Waals surface area (Å²) < 4.78 is 0. The van der Waals surface area contributed by atoms with Crippen molar-refractivity contribution in [3.8, 4) is 0 Å². The molecule has 0 aromatic rings. The van der Waals surface area contributed by atoms with E-state index in [0.717, 1.165) is 0 Å². The Morgan fingerprint density at radius 2 is 1.00 bits per heavy atom. The monoisotopic (exact) mass is 289 g/mol. The van der Waals surface area contributed by atoms with Crippen molar-refractivity contribution in [2.75, 3.05) is 0 Å². The fourth-order valence-electron chi connectivity index (χ4n) is 0. The molecule has 3 nitrogen and oxygen atoms in total. The van der Waals surface area contributed by atoms with Crippen LogP contribution in [-0.4, -0.2) is 67.9 Å². The van der Waals surface area contributed by atoms with Crippen molar-refractivity contribution < 1.29 is 50.7 Å². The summed E-state index contributed by atoms with van der Waals surface area (Å²) in [5, 5.41) is 21.5. The van der Waals surface area contributed by atoms with E-state index >= 15 is 0 Å². The molecule has 0 unspecified atom stereocenters. The summed E-state index contributed by atoms with van der Waals surface area (Å²) in [4.78, 5) is 0. The molecule has 0 rings (SSSR count). The van der Waals surface area contributed by atoms with Crippen LogP contribution in [-0.2, 0) is 0 Å². The van der Waals surface area contributed by atoms with Crippen molar-refractivity contribution >= 4 is 52.8 Å². The van der Waals surface area contributed by atoms with E-state index in [2.05, 4.69) is 0 Å². The van der Waals surface area contributed by atoms with Crippen LogP contribution in [0.25, 0.3) is 0 Å². The molecule has 0 aliphatic rings. The van der Waals surface area contributed by atoms with Crippen molar-refractivity contribution in [1.29, 1.82) is 0 Å². The minimum Gasteiger partial charge on any atom is -0.402 e. The molecule has 0 aromatic heterocycles. The molecular formula is H3BLaO3Sr. The second-order valence-corrected chi connectivity index (χ2v) is 0.346. The summed E-state index contributed by atoms with van der Waals surface area (Å²) >= 11 is 0. The van der Waals surface area contributed by atoms with Gasteiger partial charge in [0.15, 0.2) is 0 Å². The van der Waals surface area contributed by atoms with Crippen molar-refractivity contribution in [2.24, 2.45) is 0 Å². The van der Waals surface area contributed by atoms with Gasteiger partial charge in [-0.15, -0.1) is 0 Å². The molecule has 0 atom stereocenters. The zero-order chi connectivity index (χ0) is 3.58. The summed E-state index contributed by atoms with van der Waals surface area (Å²) in [6.45, 7) is 0. The minimum absolute atomic E-state index is 0. The van der Waals surface area contributed by atoms with Crippen LogP contribution in [0.1, 0.15) is 0 Å². The second-order valence-electron chi connectivity index (χ2n) is 0.346. The molecule has 0 saturated heterocycles. The molecule has 6 heavy (non-hydrogen) atoms. The SMILES string of the molecule is OB(O)O.[La].[Sr]. The third kappa shape index (κ3) is 30.5. The summed E-state index contributed by atoms with van der Waals surface area (Å²) in [7, 11) is -2.17. The van der Waals surface area contributed by atoms with E-state index in [1.807, 2.05) is 0 Å². The number of hydrogen-bond donors (Lipinski definition) is 3. The first-order chi connectivity index (χ1) is 1.73. The maximum atomic E-state index is 7.17. The van der Waals surface area contributed by atoms with Gasteiger partial charge in [0.25, 0.3) is 0 Å². The van der Waals surface area contributed by atoms with Crippen LogP contribution in [0.15, 0.2) is 0 Å². The molecule has 0 saturated carbocycles. The topological polar surface area (TPSA) is 60.7 Å². The van der Waals surface area contributed by atoms with E-state index in [9.17, 15) is 0 Å². The van der Waals surface area contributed by atoms with E-state index < -0.39 is 7.32 Å². The van der Waals surface area contributed by atoms with Crippen molar-refractivity contribution in [3.63, 3.8) is 0 Å². The molecule has 0 heterocycles. The van der Waals surface area contributed by atoms with Gasteiger partial charge in [-0.1, -0.05) is 0 Å². The molecule has 0 fully saturated rings. The average Bonchev–Trinajstić information content (AvgIpc) is 0.811. The maximum absolute atomic E-state index is 7.17. The van der Waals surface area contributed by atoms with Gasteiger partial charge in [-0.2, -0.15) is 0 Å². The standard InChI is InChI=1S/BH3O3.La.Sr/c2-1(3)4;;/h2-4H;;. The van der Waals surface area contributed by atoms with Crippen molar-refractivity contribution in [2.45, 2.75) is 0 Å². The van der Waals surface area contributed by atoms with Crippen molar-refractivity contribution in [1.82, 2.24) is 0 Å². The molecule has 0 spiro atoms. The molecular weight excluding hydrogens is 285 g/mol. The zero-order valence-electron chi connectivity index (χ0n) is 3.20. The first kappa shape index (κ1) is 15.8. The van der Waals surface area contributed by atoms with Gasteiger partial charge in [0, 0.05) is 81.1 Å². The van der Waals surface area contributed by atoms with Gasteiger partial charge in [-0.25, -0.2) is 0 Å². The van der Waals surface area contributed by atoms with Gasteiger partial charge in [0.1, 0.15) is 0 Å². The summed E-state index contributed by atoms with van der Waals surface area (Å²) in [5.74, 6) is 0. The Labute approximate surface area is 101 Å². The Kier molecular flexibility index (Phi) is 27.9. The molecule has 0 amide bonds. The average molecular weight is 288 g/mol. The van der Waals surface area contributed by atoms with E-state index in [1.54, 1.807) is 0 Å². The molecule has 3 radical (unpaired) electrons. The number of rotatable bonds is 0. The zero-order valence-corrected chi connectivity index (χ0v) is 10.3. The van der Waals surface area contributed by atoms with Crippen molar-refractivity contribution in [3.05, 3.63) is 0 Å². The molecule has 0 bridgehead atoms. The molecule has 0 aromatic carbocycles. The van der Waals surface area contributed by atoms with Gasteiger partial charge in [0.2, 0.25) is 0 Å². The van der Waals surface area contributed by atoms with Gasteiger partial charge >= 0.3 is 7.32 Å². The molecule has 0 aliphatic carbocycles. The van der Waals surface area contributed by atoms with Crippen LogP contribution in [0.3, 0.4) is 0 Å². The Morgan fingerprint density at radius 3 is 1.00 bits per heavy atom. The van der Waals surface area contributed by atoms with E-state index in [4.69, 9.17) is 15.1 Å². The van der Waals surface area contributed by atoms with Crippen LogP contribution in [0.5, 0.6) is 0 Å². The van der Waals surface area contributed by atoms with E-state index in [1.165, 1.54) is 0 Å². The van der Waals surface area contributed by atoms with Crippen LogP contribution in [0, 0.1) is 35.6 Å². The van der Waals surface area contributed by atoms with E-state index in [0.29, 0.717) is 0 Å². The van der Waals surface area contributed by atoms with Gasteiger partial charge < -0.3 is 15.1 Å². The van der Waals surface area contributed by atoms with Gasteiger partial charge in [-0.05, 0) is 0 Å². The maximum Gasteiger partial charge on any atom is 0.631 e. The predicted octanol–water partition coefficient (Wildman–Crippen LogP) is -2.43. The Morgan fingerprint density at radius 1 is 1.00 bits per heavy atom. The molecule has 6 heteroatoms. The predicted molar refractivity (Wildman–Crippen MR) is 18.2 cm³/mol. The third-order valence-corrected chi connectivity index (χ3v) is 0. The molecule has 29 valence electrons. The fraction of sp³-hybridized carbons (Fsp3) is 0. The Hall–Kier alpha value is 2.62. The van der Waals surface area contributed by atoms with Crippen LogP contribution in [0.2, 0.25) is 0 Å². The largest absolute Gasteiger partial charge is 0.631 e. The minimum atomic E-state index is -2.17. The first-order valence-corrected chi connectivity index (χ1v) is 0.775. The van der Waals surface area contributed by atoms with Gasteiger partial charge in [-0.3, -0.25) is 0 Å². The molecule has 0 aliphatic heterocycles. The first-order valence-electron chi connectivity index (χ1n) is 0.775. The summed E-state index contributed by atoms with van der Waals surface area (Å²) in [6, 6.07) is 0. The second kappa shape index (κ2) is 10.6. The van der Waals surface area contributed by atoms with Crippen LogP contribution >= 0.6 is 0 Å². The number of hydrogen-bond acceptors (Lipinski definition) is 3. The van der Waals surface area contributed by atoms with Crippen LogP contribution in [0.4, 0.5) is 0 Å². The third-order valence-electron chi connectivity index (χ3n) is 0. The summed E-state index contributed by atoms with van der Waals surface area (Å²) in [5.41, 5.74) is 0.